The number of aromatic nitrogens is 1. The van der Waals surface area contributed by atoms with E-state index in [1.807, 2.05) is 20.0 Å². The molecular formula is C8H11IN2. The Morgan fingerprint density at radius 3 is 2.73 bits per heavy atom. The Labute approximate surface area is 80.3 Å². The molecule has 0 aliphatic carbocycles. The zero-order chi connectivity index (χ0) is 8.43. The normalized spacial score (nSPS) is 13.1. The molecule has 0 radical (unpaired) electrons. The highest BCUT2D eigenvalue weighted by atomic mass is 127. The first-order valence-electron chi connectivity index (χ1n) is 3.49. The molecule has 0 bridgehead atoms. The number of aryl methyl sites for hydroxylation is 1. The van der Waals surface area contributed by atoms with Gasteiger partial charge < -0.3 is 5.73 Å². The summed E-state index contributed by atoms with van der Waals surface area (Å²) in [6, 6.07) is 2.16. The fourth-order valence-corrected chi connectivity index (χ4v) is 1.12. The molecule has 0 aliphatic heterocycles. The van der Waals surface area contributed by atoms with Gasteiger partial charge in [-0.25, -0.2) is 4.98 Å². The number of rotatable bonds is 1. The Hall–Kier alpha value is -0.160. The van der Waals surface area contributed by atoms with Gasteiger partial charge >= 0.3 is 0 Å². The van der Waals surface area contributed by atoms with Crippen molar-refractivity contribution in [3.8, 4) is 0 Å². The van der Waals surface area contributed by atoms with Gasteiger partial charge in [-0.15, -0.1) is 0 Å². The Kier molecular flexibility index (Phi) is 2.84. The second-order valence-corrected chi connectivity index (χ2v) is 3.69. The molecule has 1 aromatic heterocycles. The third-order valence-electron chi connectivity index (χ3n) is 1.56. The Morgan fingerprint density at radius 1 is 1.64 bits per heavy atom. The minimum Gasteiger partial charge on any atom is -0.324 e. The lowest BCUT2D eigenvalue weighted by Crippen LogP contribution is -2.06. The molecule has 3 heteroatoms. The van der Waals surface area contributed by atoms with E-state index in [4.69, 9.17) is 5.73 Å². The first kappa shape index (κ1) is 8.93. The highest BCUT2D eigenvalue weighted by Gasteiger charge is 2.01. The summed E-state index contributed by atoms with van der Waals surface area (Å²) in [6.07, 6.45) is 1.83. The zero-order valence-corrected chi connectivity index (χ0v) is 8.79. The van der Waals surface area contributed by atoms with Crippen LogP contribution in [-0.2, 0) is 0 Å². The Bertz CT molecular complexity index is 258. The molecule has 2 nitrogen and oxygen atoms in total. The molecule has 0 saturated carbocycles. The highest BCUT2D eigenvalue weighted by Crippen LogP contribution is 2.13. The Balaban J connectivity index is 3.05. The third-order valence-corrected chi connectivity index (χ3v) is 2.69. The van der Waals surface area contributed by atoms with Crippen LogP contribution in [0.5, 0.6) is 0 Å². The molecule has 0 amide bonds. The number of hydrogen-bond donors (Lipinski definition) is 1. The number of nitrogens with zero attached hydrogens (tertiary/aromatic N) is 1. The molecule has 1 atom stereocenters. The number of nitrogens with two attached hydrogens (primary N) is 1. The first-order valence-corrected chi connectivity index (χ1v) is 4.56. The summed E-state index contributed by atoms with van der Waals surface area (Å²) in [5, 5.41) is 0. The van der Waals surface area contributed by atoms with Crippen molar-refractivity contribution in [3.05, 3.63) is 27.1 Å². The number of pyridine rings is 1. The maximum atomic E-state index is 5.69. The van der Waals surface area contributed by atoms with Crippen LogP contribution in [0.4, 0.5) is 0 Å². The summed E-state index contributed by atoms with van der Waals surface area (Å²) in [4.78, 5) is 4.21. The average Bonchev–Trinajstić information content (AvgIpc) is 1.94. The van der Waals surface area contributed by atoms with E-state index in [0.29, 0.717) is 0 Å². The van der Waals surface area contributed by atoms with Crippen LogP contribution in [-0.4, -0.2) is 4.98 Å². The van der Waals surface area contributed by atoms with Gasteiger partial charge in [0, 0.05) is 12.2 Å². The van der Waals surface area contributed by atoms with Gasteiger partial charge in [-0.1, -0.05) is 6.07 Å². The van der Waals surface area contributed by atoms with Crippen molar-refractivity contribution in [2.75, 3.05) is 0 Å². The molecule has 1 heterocycles. The van der Waals surface area contributed by atoms with Crippen LogP contribution < -0.4 is 5.73 Å². The monoisotopic (exact) mass is 262 g/mol. The van der Waals surface area contributed by atoms with Crippen LogP contribution >= 0.6 is 22.6 Å². The van der Waals surface area contributed by atoms with E-state index in [2.05, 4.69) is 33.6 Å². The summed E-state index contributed by atoms with van der Waals surface area (Å²) in [5.41, 5.74) is 7.98. The van der Waals surface area contributed by atoms with Crippen LogP contribution in [0.2, 0.25) is 0 Å². The van der Waals surface area contributed by atoms with Crippen LogP contribution in [0.25, 0.3) is 0 Å². The van der Waals surface area contributed by atoms with Crippen LogP contribution in [0.1, 0.15) is 24.1 Å². The number of halogens is 1. The zero-order valence-electron chi connectivity index (χ0n) is 6.63. The van der Waals surface area contributed by atoms with E-state index in [-0.39, 0.29) is 6.04 Å². The summed E-state index contributed by atoms with van der Waals surface area (Å²) in [7, 11) is 0. The average molecular weight is 262 g/mol. The van der Waals surface area contributed by atoms with Crippen molar-refractivity contribution in [3.63, 3.8) is 0 Å². The van der Waals surface area contributed by atoms with Gasteiger partial charge in [0.05, 0.1) is 0 Å². The lowest BCUT2D eigenvalue weighted by Gasteiger charge is -2.05. The molecule has 60 valence electrons. The second kappa shape index (κ2) is 3.49. The molecule has 0 unspecified atom stereocenters. The number of hydrogen-bond acceptors (Lipinski definition) is 2. The predicted molar refractivity (Wildman–Crippen MR) is 54.3 cm³/mol. The molecule has 0 fully saturated rings. The lowest BCUT2D eigenvalue weighted by molar-refractivity contribution is 0.808. The molecule has 0 spiro atoms. The second-order valence-electron chi connectivity index (χ2n) is 2.67. The van der Waals surface area contributed by atoms with Crippen LogP contribution in [0, 0.1) is 10.6 Å². The van der Waals surface area contributed by atoms with Crippen molar-refractivity contribution in [1.29, 1.82) is 0 Å². The van der Waals surface area contributed by atoms with E-state index < -0.39 is 0 Å². The minimum atomic E-state index is 0.0817. The van der Waals surface area contributed by atoms with Crippen molar-refractivity contribution >= 4 is 22.6 Å². The van der Waals surface area contributed by atoms with Crippen molar-refractivity contribution in [2.24, 2.45) is 5.73 Å². The third kappa shape index (κ3) is 2.13. The van der Waals surface area contributed by atoms with Crippen LogP contribution in [0.3, 0.4) is 0 Å². The van der Waals surface area contributed by atoms with Gasteiger partial charge in [-0.3, -0.25) is 0 Å². The van der Waals surface area contributed by atoms with E-state index in [9.17, 15) is 0 Å². The summed E-state index contributed by atoms with van der Waals surface area (Å²) in [6.45, 7) is 4.00. The van der Waals surface area contributed by atoms with Gasteiger partial charge in [0.2, 0.25) is 0 Å². The molecule has 0 saturated heterocycles. The fraction of sp³-hybridized carbons (Fsp3) is 0.375. The van der Waals surface area contributed by atoms with E-state index in [1.54, 1.807) is 0 Å². The van der Waals surface area contributed by atoms with Gasteiger partial charge in [-0.05, 0) is 47.6 Å². The molecule has 11 heavy (non-hydrogen) atoms. The SMILES string of the molecule is Cc1cc([C@@H](C)N)cnc1I. The fourth-order valence-electron chi connectivity index (χ4n) is 0.829. The summed E-state index contributed by atoms with van der Waals surface area (Å²) < 4.78 is 1.05. The largest absolute Gasteiger partial charge is 0.324 e. The van der Waals surface area contributed by atoms with Gasteiger partial charge in [0.1, 0.15) is 3.70 Å². The quantitative estimate of drug-likeness (QED) is 0.621. The maximum Gasteiger partial charge on any atom is 0.104 e. The van der Waals surface area contributed by atoms with Gasteiger partial charge in [-0.2, -0.15) is 0 Å². The molecular weight excluding hydrogens is 251 g/mol. The van der Waals surface area contributed by atoms with Crippen molar-refractivity contribution in [2.45, 2.75) is 19.9 Å². The standard InChI is InChI=1S/C8H11IN2/c1-5-3-7(6(2)10)4-11-8(5)9/h3-4,6H,10H2,1-2H3/t6-/m1/s1. The summed E-state index contributed by atoms with van der Waals surface area (Å²) in [5.74, 6) is 0. The lowest BCUT2D eigenvalue weighted by atomic mass is 10.1. The van der Waals surface area contributed by atoms with Gasteiger partial charge in [0.25, 0.3) is 0 Å². The van der Waals surface area contributed by atoms with Crippen molar-refractivity contribution < 1.29 is 0 Å². The predicted octanol–water partition coefficient (Wildman–Crippen LogP) is 2.01. The van der Waals surface area contributed by atoms with Crippen molar-refractivity contribution in [1.82, 2.24) is 4.98 Å². The molecule has 1 aromatic rings. The van der Waals surface area contributed by atoms with Gasteiger partial charge in [0.15, 0.2) is 0 Å². The van der Waals surface area contributed by atoms with E-state index in [1.165, 1.54) is 5.56 Å². The van der Waals surface area contributed by atoms with E-state index in [0.717, 1.165) is 9.26 Å². The summed E-state index contributed by atoms with van der Waals surface area (Å²) >= 11 is 2.21. The topological polar surface area (TPSA) is 38.9 Å². The first-order chi connectivity index (χ1) is 5.11. The molecule has 0 aromatic carbocycles. The minimum absolute atomic E-state index is 0.0817. The molecule has 2 N–H and O–H groups in total. The maximum absolute atomic E-state index is 5.69. The highest BCUT2D eigenvalue weighted by molar-refractivity contribution is 14.1. The van der Waals surface area contributed by atoms with E-state index >= 15 is 0 Å². The molecule has 1 rings (SSSR count). The smallest absolute Gasteiger partial charge is 0.104 e. The van der Waals surface area contributed by atoms with Crippen LogP contribution in [0.15, 0.2) is 12.3 Å². The Morgan fingerprint density at radius 2 is 2.27 bits per heavy atom. The molecule has 0 aliphatic rings.